The monoisotopic (exact) mass is 252 g/mol. The first-order valence-corrected chi connectivity index (χ1v) is 5.37. The number of ether oxygens (including phenoxy) is 1. The predicted molar refractivity (Wildman–Crippen MR) is 63.3 cm³/mol. The minimum Gasteiger partial charge on any atom is -0.406 e. The highest BCUT2D eigenvalue weighted by atomic mass is 19.4. The highest BCUT2D eigenvalue weighted by Crippen LogP contribution is 2.29. The van der Waals surface area contributed by atoms with Gasteiger partial charge in [-0.2, -0.15) is 0 Å². The Balaban J connectivity index is 2.32. The average Bonchev–Trinajstić information content (AvgIpc) is 2.28. The van der Waals surface area contributed by atoms with E-state index in [1.54, 1.807) is 13.0 Å². The summed E-state index contributed by atoms with van der Waals surface area (Å²) in [5.74, 6) is -0.195. The zero-order valence-electron chi connectivity index (χ0n) is 9.66. The van der Waals surface area contributed by atoms with Crippen molar-refractivity contribution >= 4 is 0 Å². The Morgan fingerprint density at radius 1 is 0.944 bits per heavy atom. The molecule has 0 aliphatic carbocycles. The Morgan fingerprint density at radius 2 is 1.61 bits per heavy atom. The fourth-order valence-corrected chi connectivity index (χ4v) is 1.77. The second-order valence-electron chi connectivity index (χ2n) is 3.89. The Kier molecular flexibility index (Phi) is 3.28. The van der Waals surface area contributed by atoms with E-state index in [2.05, 4.69) is 4.74 Å². The first-order valence-electron chi connectivity index (χ1n) is 5.37. The summed E-state index contributed by atoms with van der Waals surface area (Å²) in [5, 5.41) is 0. The largest absolute Gasteiger partial charge is 0.573 e. The molecule has 0 atom stereocenters. The zero-order chi connectivity index (χ0) is 13.2. The smallest absolute Gasteiger partial charge is 0.406 e. The van der Waals surface area contributed by atoms with Crippen LogP contribution in [0, 0.1) is 6.92 Å². The first kappa shape index (κ1) is 12.5. The number of hydrogen-bond acceptors (Lipinski definition) is 1. The average molecular weight is 252 g/mol. The third-order valence-electron chi connectivity index (χ3n) is 2.52. The number of hydrogen-bond donors (Lipinski definition) is 0. The molecular weight excluding hydrogens is 241 g/mol. The van der Waals surface area contributed by atoms with Crippen molar-refractivity contribution in [1.29, 1.82) is 0 Å². The lowest BCUT2D eigenvalue weighted by Gasteiger charge is -2.11. The number of benzene rings is 2. The molecule has 1 nitrogen and oxygen atoms in total. The van der Waals surface area contributed by atoms with Gasteiger partial charge in [0, 0.05) is 0 Å². The zero-order valence-corrected chi connectivity index (χ0v) is 9.66. The van der Waals surface area contributed by atoms with Crippen molar-refractivity contribution in [2.24, 2.45) is 0 Å². The molecule has 0 saturated heterocycles. The van der Waals surface area contributed by atoms with E-state index in [1.165, 1.54) is 12.1 Å². The molecule has 2 aromatic carbocycles. The van der Waals surface area contributed by atoms with Crippen LogP contribution in [0.15, 0.2) is 48.5 Å². The molecule has 0 aliphatic rings. The summed E-state index contributed by atoms with van der Waals surface area (Å²) in [6.07, 6.45) is -4.65. The third-order valence-corrected chi connectivity index (χ3v) is 2.52. The van der Waals surface area contributed by atoms with Crippen LogP contribution in [-0.4, -0.2) is 6.36 Å². The van der Waals surface area contributed by atoms with Gasteiger partial charge in [0.05, 0.1) is 0 Å². The van der Waals surface area contributed by atoms with Gasteiger partial charge in [0.15, 0.2) is 0 Å². The summed E-state index contributed by atoms with van der Waals surface area (Å²) in [5.41, 5.74) is 2.60. The van der Waals surface area contributed by atoms with Gasteiger partial charge in [0.1, 0.15) is 5.75 Å². The number of alkyl halides is 3. The van der Waals surface area contributed by atoms with Gasteiger partial charge in [-0.25, -0.2) is 0 Å². The van der Waals surface area contributed by atoms with Crippen LogP contribution in [0.1, 0.15) is 5.56 Å². The fraction of sp³-hybridized carbons (Fsp3) is 0.143. The Morgan fingerprint density at radius 3 is 2.17 bits per heavy atom. The summed E-state index contributed by atoms with van der Waals surface area (Å²) < 4.78 is 40.1. The van der Waals surface area contributed by atoms with Gasteiger partial charge in [0.25, 0.3) is 0 Å². The van der Waals surface area contributed by atoms with E-state index >= 15 is 0 Å². The van der Waals surface area contributed by atoms with Crippen LogP contribution in [0.3, 0.4) is 0 Å². The number of aryl methyl sites for hydroxylation is 1. The van der Waals surface area contributed by atoms with Crippen molar-refractivity contribution in [2.45, 2.75) is 13.3 Å². The number of halogens is 3. The molecule has 18 heavy (non-hydrogen) atoms. The Labute approximate surface area is 103 Å². The maximum Gasteiger partial charge on any atom is 0.573 e. The minimum absolute atomic E-state index is 0.195. The van der Waals surface area contributed by atoms with E-state index in [0.29, 0.717) is 0 Å². The van der Waals surface area contributed by atoms with Gasteiger partial charge in [-0.05, 0) is 35.7 Å². The molecule has 0 N–H and O–H groups in total. The Bertz CT molecular complexity index is 532. The Hall–Kier alpha value is -1.97. The fourth-order valence-electron chi connectivity index (χ4n) is 1.77. The lowest BCUT2D eigenvalue weighted by Crippen LogP contribution is -2.17. The third kappa shape index (κ3) is 3.03. The SMILES string of the molecule is Cc1cc(OC(F)(F)F)ccc1-c1ccccc1. The van der Waals surface area contributed by atoms with Crippen molar-refractivity contribution in [3.63, 3.8) is 0 Å². The van der Waals surface area contributed by atoms with Gasteiger partial charge < -0.3 is 4.74 Å². The second kappa shape index (κ2) is 4.72. The molecule has 0 radical (unpaired) electrons. The van der Waals surface area contributed by atoms with Crippen LogP contribution < -0.4 is 4.74 Å². The van der Waals surface area contributed by atoms with Crippen LogP contribution in [0.5, 0.6) is 5.75 Å². The summed E-state index contributed by atoms with van der Waals surface area (Å²) in [6, 6.07) is 13.8. The summed E-state index contributed by atoms with van der Waals surface area (Å²) in [4.78, 5) is 0. The van der Waals surface area contributed by atoms with E-state index < -0.39 is 6.36 Å². The lowest BCUT2D eigenvalue weighted by atomic mass is 10.0. The lowest BCUT2D eigenvalue weighted by molar-refractivity contribution is -0.274. The summed E-state index contributed by atoms with van der Waals surface area (Å²) in [7, 11) is 0. The van der Waals surface area contributed by atoms with Crippen molar-refractivity contribution in [2.75, 3.05) is 0 Å². The first-order chi connectivity index (χ1) is 8.46. The molecule has 0 spiro atoms. The van der Waals surface area contributed by atoms with Crippen LogP contribution in [0.4, 0.5) is 13.2 Å². The molecule has 4 heteroatoms. The predicted octanol–water partition coefficient (Wildman–Crippen LogP) is 4.56. The van der Waals surface area contributed by atoms with Crippen molar-refractivity contribution in [3.05, 3.63) is 54.1 Å². The molecule has 94 valence electrons. The van der Waals surface area contributed by atoms with Gasteiger partial charge in [-0.15, -0.1) is 13.2 Å². The molecule has 0 unspecified atom stereocenters. The maximum atomic E-state index is 12.1. The van der Waals surface area contributed by atoms with Crippen LogP contribution in [0.2, 0.25) is 0 Å². The van der Waals surface area contributed by atoms with E-state index in [-0.39, 0.29) is 5.75 Å². The van der Waals surface area contributed by atoms with Crippen molar-refractivity contribution in [1.82, 2.24) is 0 Å². The summed E-state index contributed by atoms with van der Waals surface area (Å²) >= 11 is 0. The van der Waals surface area contributed by atoms with Gasteiger partial charge in [0.2, 0.25) is 0 Å². The van der Waals surface area contributed by atoms with E-state index in [9.17, 15) is 13.2 Å². The van der Waals surface area contributed by atoms with Crippen LogP contribution in [0.25, 0.3) is 11.1 Å². The molecule has 0 heterocycles. The molecular formula is C14H11F3O. The van der Waals surface area contributed by atoms with Crippen molar-refractivity contribution in [3.8, 4) is 16.9 Å². The van der Waals surface area contributed by atoms with E-state index in [4.69, 9.17) is 0 Å². The highest BCUT2D eigenvalue weighted by Gasteiger charge is 2.31. The second-order valence-corrected chi connectivity index (χ2v) is 3.89. The van der Waals surface area contributed by atoms with Gasteiger partial charge >= 0.3 is 6.36 Å². The molecule has 2 rings (SSSR count). The minimum atomic E-state index is -4.65. The molecule has 0 aromatic heterocycles. The summed E-state index contributed by atoms with van der Waals surface area (Å²) in [6.45, 7) is 1.76. The van der Waals surface area contributed by atoms with Crippen LogP contribution in [-0.2, 0) is 0 Å². The van der Waals surface area contributed by atoms with Crippen LogP contribution >= 0.6 is 0 Å². The topological polar surface area (TPSA) is 9.23 Å². The molecule has 0 saturated carbocycles. The van der Waals surface area contributed by atoms with E-state index in [1.807, 2.05) is 30.3 Å². The molecule has 0 bridgehead atoms. The standard InChI is InChI=1S/C14H11F3O/c1-10-9-12(18-14(15,16)17)7-8-13(10)11-5-3-2-4-6-11/h2-9H,1H3. The quantitative estimate of drug-likeness (QED) is 0.761. The number of rotatable bonds is 2. The van der Waals surface area contributed by atoms with Gasteiger partial charge in [-0.3, -0.25) is 0 Å². The molecule has 0 fully saturated rings. The highest BCUT2D eigenvalue weighted by molar-refractivity contribution is 5.67. The van der Waals surface area contributed by atoms with E-state index in [0.717, 1.165) is 16.7 Å². The van der Waals surface area contributed by atoms with Crippen molar-refractivity contribution < 1.29 is 17.9 Å². The molecule has 2 aromatic rings. The van der Waals surface area contributed by atoms with Gasteiger partial charge in [-0.1, -0.05) is 36.4 Å². The maximum absolute atomic E-state index is 12.1. The molecule has 0 aliphatic heterocycles. The molecule has 0 amide bonds. The normalized spacial score (nSPS) is 11.3.